The number of ketones is 2. The highest BCUT2D eigenvalue weighted by Crippen LogP contribution is 2.39. The van der Waals surface area contributed by atoms with Gasteiger partial charge in [0.05, 0.1) is 22.7 Å². The Morgan fingerprint density at radius 2 is 1.65 bits per heavy atom. The first-order valence-corrected chi connectivity index (χ1v) is 10.5. The van der Waals surface area contributed by atoms with E-state index in [2.05, 4.69) is 10.3 Å². The Bertz CT molecular complexity index is 1080. The highest BCUT2D eigenvalue weighted by atomic mass is 16.3. The number of para-hydroxylation sites is 2. The number of hydrogen-bond donors (Lipinski definition) is 2. The summed E-state index contributed by atoms with van der Waals surface area (Å²) in [7, 11) is 0. The minimum atomic E-state index is -0.273. The molecular formula is C25H29N3O3. The molecule has 3 rings (SSSR count). The third-order valence-corrected chi connectivity index (χ3v) is 5.68. The summed E-state index contributed by atoms with van der Waals surface area (Å²) in [6.45, 7) is 9.63. The minimum Gasteiger partial charge on any atom is -0.511 e. The molecule has 0 unspecified atom stereocenters. The third kappa shape index (κ3) is 4.93. The molecule has 0 atom stereocenters. The van der Waals surface area contributed by atoms with Crippen LogP contribution in [-0.4, -0.2) is 22.4 Å². The monoisotopic (exact) mass is 419 g/mol. The second-order valence-electron chi connectivity index (χ2n) is 10.0. The van der Waals surface area contributed by atoms with Crippen molar-refractivity contribution in [2.75, 3.05) is 5.32 Å². The van der Waals surface area contributed by atoms with Gasteiger partial charge in [-0.15, -0.1) is 0 Å². The molecule has 0 fully saturated rings. The topological polar surface area (TPSA) is 103 Å². The fraction of sp³-hybridized carbons (Fsp3) is 0.440. The van der Waals surface area contributed by atoms with Crippen molar-refractivity contribution in [3.8, 4) is 6.07 Å². The lowest BCUT2D eigenvalue weighted by molar-refractivity contribution is -0.118. The maximum absolute atomic E-state index is 12.6. The molecule has 6 nitrogen and oxygen atoms in total. The van der Waals surface area contributed by atoms with Gasteiger partial charge >= 0.3 is 0 Å². The van der Waals surface area contributed by atoms with Crippen molar-refractivity contribution in [1.29, 1.82) is 5.26 Å². The van der Waals surface area contributed by atoms with E-state index in [1.807, 2.05) is 52.0 Å². The first-order chi connectivity index (χ1) is 14.4. The zero-order valence-corrected chi connectivity index (χ0v) is 18.8. The first-order valence-electron chi connectivity index (χ1n) is 10.5. The SMILES string of the molecule is CC(=Nc1ccccc1NC1=C(C#N)C(=O)CC(C)(C)C1)C1=C(O)CC(C)(C)CC1=O. The van der Waals surface area contributed by atoms with Crippen LogP contribution in [0.4, 0.5) is 11.4 Å². The van der Waals surface area contributed by atoms with Crippen molar-refractivity contribution in [3.05, 3.63) is 46.9 Å². The highest BCUT2D eigenvalue weighted by molar-refractivity contribution is 6.23. The van der Waals surface area contributed by atoms with Crippen molar-refractivity contribution >= 4 is 28.7 Å². The van der Waals surface area contributed by atoms with Gasteiger partial charge in [0.2, 0.25) is 0 Å². The molecule has 0 saturated carbocycles. The van der Waals surface area contributed by atoms with Crippen LogP contribution in [0.5, 0.6) is 0 Å². The number of anilines is 1. The number of benzene rings is 1. The van der Waals surface area contributed by atoms with E-state index < -0.39 is 0 Å². The molecule has 0 amide bonds. The van der Waals surface area contributed by atoms with Crippen LogP contribution in [0.2, 0.25) is 0 Å². The van der Waals surface area contributed by atoms with Crippen LogP contribution in [0.15, 0.2) is 51.9 Å². The van der Waals surface area contributed by atoms with Crippen molar-refractivity contribution in [2.45, 2.75) is 60.3 Å². The molecule has 0 saturated heterocycles. The van der Waals surface area contributed by atoms with E-state index in [-0.39, 0.29) is 39.3 Å². The van der Waals surface area contributed by atoms with Gasteiger partial charge in [0.15, 0.2) is 11.6 Å². The second kappa shape index (κ2) is 8.14. The van der Waals surface area contributed by atoms with Gasteiger partial charge in [-0.1, -0.05) is 39.8 Å². The lowest BCUT2D eigenvalue weighted by atomic mass is 9.75. The van der Waals surface area contributed by atoms with Crippen LogP contribution < -0.4 is 5.32 Å². The Labute approximate surface area is 183 Å². The number of hydrogen-bond acceptors (Lipinski definition) is 6. The van der Waals surface area contributed by atoms with Gasteiger partial charge in [-0.05, 0) is 36.3 Å². The summed E-state index contributed by atoms with van der Waals surface area (Å²) in [4.78, 5) is 29.7. The molecule has 1 aromatic rings. The number of carbonyl (C=O) groups excluding carboxylic acids is 2. The number of rotatable bonds is 4. The van der Waals surface area contributed by atoms with Crippen LogP contribution >= 0.6 is 0 Å². The van der Waals surface area contributed by atoms with E-state index in [0.717, 1.165) is 0 Å². The maximum Gasteiger partial charge on any atom is 0.175 e. The van der Waals surface area contributed by atoms with E-state index >= 15 is 0 Å². The molecule has 0 aromatic heterocycles. The van der Waals surface area contributed by atoms with Crippen molar-refractivity contribution in [3.63, 3.8) is 0 Å². The van der Waals surface area contributed by atoms with Crippen LogP contribution in [0.1, 0.15) is 60.3 Å². The largest absolute Gasteiger partial charge is 0.511 e. The van der Waals surface area contributed by atoms with E-state index in [0.29, 0.717) is 48.5 Å². The molecule has 0 aliphatic heterocycles. The van der Waals surface area contributed by atoms with E-state index in [4.69, 9.17) is 0 Å². The Morgan fingerprint density at radius 1 is 1.03 bits per heavy atom. The zero-order chi connectivity index (χ0) is 23.0. The molecule has 0 spiro atoms. The molecule has 1 aromatic carbocycles. The number of allylic oxidation sites excluding steroid dienone is 4. The molecule has 2 aliphatic carbocycles. The van der Waals surface area contributed by atoms with Crippen LogP contribution in [0.3, 0.4) is 0 Å². The number of nitriles is 1. The minimum absolute atomic E-state index is 0.0713. The summed E-state index contributed by atoms with van der Waals surface area (Å²) in [5.74, 6) is -0.208. The van der Waals surface area contributed by atoms with Crippen LogP contribution in [-0.2, 0) is 9.59 Å². The second-order valence-corrected chi connectivity index (χ2v) is 10.0. The fourth-order valence-corrected chi connectivity index (χ4v) is 4.33. The predicted octanol–water partition coefficient (Wildman–Crippen LogP) is 5.56. The summed E-state index contributed by atoms with van der Waals surface area (Å²) in [6, 6.07) is 9.32. The number of nitrogens with zero attached hydrogens (tertiary/aromatic N) is 2. The molecule has 31 heavy (non-hydrogen) atoms. The number of aliphatic hydroxyl groups excluding tert-OH is 1. The van der Waals surface area contributed by atoms with Gasteiger partial charge in [-0.2, -0.15) is 5.26 Å². The number of aliphatic hydroxyl groups is 1. The molecule has 6 heteroatoms. The summed E-state index contributed by atoms with van der Waals surface area (Å²) in [5.41, 5.74) is 2.15. The highest BCUT2D eigenvalue weighted by Gasteiger charge is 2.35. The van der Waals surface area contributed by atoms with E-state index in [9.17, 15) is 20.0 Å². The van der Waals surface area contributed by atoms with Gasteiger partial charge in [0, 0.05) is 25.0 Å². The predicted molar refractivity (Wildman–Crippen MR) is 121 cm³/mol. The Morgan fingerprint density at radius 3 is 2.29 bits per heavy atom. The standard InChI is InChI=1S/C25H29N3O3/c1-15(23-21(30)12-25(4,5)13-22(23)31)27-17-8-6-7-9-18(17)28-19-10-24(2,3)11-20(29)16(19)14-26/h6-9,28,30H,10-13H2,1-5H3. The third-order valence-electron chi connectivity index (χ3n) is 5.68. The molecule has 162 valence electrons. The summed E-state index contributed by atoms with van der Waals surface area (Å²) in [6.07, 6.45) is 1.69. The van der Waals surface area contributed by atoms with Gasteiger partial charge < -0.3 is 10.4 Å². The average Bonchev–Trinajstić information content (AvgIpc) is 2.60. The Balaban J connectivity index is 1.99. The lowest BCUT2D eigenvalue weighted by Gasteiger charge is -2.31. The number of Topliss-reactive ketones (excluding diaryl/α,β-unsaturated/α-hetero) is 2. The van der Waals surface area contributed by atoms with E-state index in [1.54, 1.807) is 13.0 Å². The smallest absolute Gasteiger partial charge is 0.175 e. The number of carbonyl (C=O) groups is 2. The maximum atomic E-state index is 12.6. The zero-order valence-electron chi connectivity index (χ0n) is 18.8. The average molecular weight is 420 g/mol. The molecule has 0 heterocycles. The summed E-state index contributed by atoms with van der Waals surface area (Å²) in [5, 5.41) is 23.2. The summed E-state index contributed by atoms with van der Waals surface area (Å²) < 4.78 is 0. The van der Waals surface area contributed by atoms with Crippen LogP contribution in [0, 0.1) is 22.2 Å². The van der Waals surface area contributed by atoms with Crippen molar-refractivity contribution in [1.82, 2.24) is 0 Å². The Hall–Kier alpha value is -3.20. The van der Waals surface area contributed by atoms with Crippen molar-refractivity contribution in [2.24, 2.45) is 15.8 Å². The lowest BCUT2D eigenvalue weighted by Crippen LogP contribution is -2.28. The Kier molecular flexibility index (Phi) is 5.91. The fourth-order valence-electron chi connectivity index (χ4n) is 4.33. The number of aliphatic imine (C=N–C) groups is 1. The summed E-state index contributed by atoms with van der Waals surface area (Å²) >= 11 is 0. The molecule has 0 radical (unpaired) electrons. The van der Waals surface area contributed by atoms with Crippen molar-refractivity contribution < 1.29 is 14.7 Å². The quantitative estimate of drug-likeness (QED) is 0.622. The van der Waals surface area contributed by atoms with Gasteiger partial charge in [0.25, 0.3) is 0 Å². The normalized spacial score (nSPS) is 21.2. The van der Waals surface area contributed by atoms with Gasteiger partial charge in [-0.3, -0.25) is 14.6 Å². The molecular weight excluding hydrogens is 390 g/mol. The van der Waals surface area contributed by atoms with Gasteiger partial charge in [-0.25, -0.2) is 0 Å². The first kappa shape index (κ1) is 22.5. The molecule has 2 N–H and O–H groups in total. The molecule has 2 aliphatic rings. The van der Waals surface area contributed by atoms with Crippen LogP contribution in [0.25, 0.3) is 0 Å². The van der Waals surface area contributed by atoms with E-state index in [1.165, 1.54) is 0 Å². The van der Waals surface area contributed by atoms with Gasteiger partial charge in [0.1, 0.15) is 17.4 Å². The number of nitrogens with one attached hydrogen (secondary N) is 1. The molecule has 0 bridgehead atoms.